The highest BCUT2D eigenvalue weighted by Crippen LogP contribution is 2.34. The largest absolute Gasteiger partial charge is 0.496 e. The molecule has 0 fully saturated rings. The summed E-state index contributed by atoms with van der Waals surface area (Å²) in [6.07, 6.45) is 1.49. The number of amides is 2. The van der Waals surface area contributed by atoms with Crippen molar-refractivity contribution in [3.63, 3.8) is 0 Å². The van der Waals surface area contributed by atoms with E-state index in [4.69, 9.17) is 14.2 Å². The minimum atomic E-state index is -0.416. The normalized spacial score (nSPS) is 10.9. The third-order valence-electron chi connectivity index (χ3n) is 5.50. The second-order valence-electron chi connectivity index (χ2n) is 8.21. The van der Waals surface area contributed by atoms with Gasteiger partial charge in [0.05, 0.1) is 29.1 Å². The lowest BCUT2D eigenvalue weighted by atomic mass is 10.1. The molecule has 0 radical (unpaired) electrons. The van der Waals surface area contributed by atoms with Crippen LogP contribution in [0.4, 0.5) is 10.1 Å². The molecule has 0 spiro atoms. The lowest BCUT2D eigenvalue weighted by Crippen LogP contribution is -2.20. The highest BCUT2D eigenvalue weighted by Gasteiger charge is 2.15. The smallest absolute Gasteiger partial charge is 0.275 e. The van der Waals surface area contributed by atoms with E-state index in [-0.39, 0.29) is 6.61 Å². The molecule has 8 nitrogen and oxygen atoms in total. The lowest BCUT2D eigenvalue weighted by Gasteiger charge is -2.14. The summed E-state index contributed by atoms with van der Waals surface area (Å²) >= 11 is 2.07. The molecule has 4 aromatic carbocycles. The number of ether oxygens (including phenoxy) is 3. The summed E-state index contributed by atoms with van der Waals surface area (Å²) in [6.45, 7) is 1.92. The van der Waals surface area contributed by atoms with E-state index in [1.165, 1.54) is 37.6 Å². The molecule has 0 unspecified atom stereocenters. The Morgan fingerprint density at radius 2 is 1.69 bits per heavy atom. The number of nitrogens with zero attached hydrogens (tertiary/aromatic N) is 1. The monoisotopic (exact) mass is 641 g/mol. The van der Waals surface area contributed by atoms with E-state index in [0.717, 1.165) is 10.8 Å². The Hall–Kier alpha value is -4.19. The number of hydrogen-bond acceptors (Lipinski definition) is 6. The van der Waals surface area contributed by atoms with E-state index in [1.54, 1.807) is 18.2 Å². The van der Waals surface area contributed by atoms with Crippen LogP contribution in [0.1, 0.15) is 22.8 Å². The summed E-state index contributed by atoms with van der Waals surface area (Å²) in [5, 5.41) is 8.62. The number of carbonyl (C=O) groups is 2. The van der Waals surface area contributed by atoms with Crippen molar-refractivity contribution < 1.29 is 28.2 Å². The second kappa shape index (κ2) is 13.1. The van der Waals surface area contributed by atoms with Crippen molar-refractivity contribution in [2.75, 3.05) is 25.6 Å². The predicted octanol–water partition coefficient (Wildman–Crippen LogP) is 5.77. The quantitative estimate of drug-likeness (QED) is 0.130. The Kier molecular flexibility index (Phi) is 9.31. The summed E-state index contributed by atoms with van der Waals surface area (Å²) in [5.74, 6) is 0.0473. The van der Waals surface area contributed by atoms with Gasteiger partial charge in [-0.15, -0.1) is 0 Å². The maximum atomic E-state index is 13.1. The van der Waals surface area contributed by atoms with Crippen molar-refractivity contribution in [3.05, 3.63) is 93.3 Å². The van der Waals surface area contributed by atoms with Gasteiger partial charge in [-0.2, -0.15) is 5.10 Å². The predicted molar refractivity (Wildman–Crippen MR) is 156 cm³/mol. The Morgan fingerprint density at radius 1 is 0.974 bits per heavy atom. The Bertz CT molecular complexity index is 1530. The van der Waals surface area contributed by atoms with Crippen LogP contribution in [-0.2, 0) is 4.79 Å². The van der Waals surface area contributed by atoms with Crippen LogP contribution in [0.3, 0.4) is 0 Å². The molecule has 0 saturated heterocycles. The molecule has 2 N–H and O–H groups in total. The standard InChI is InChI=1S/C29H25FIN3O5/c1-3-38-26-13-18(12-24(31)28(26)39-17-27(35)33-22-10-8-21(30)9-11-22)16-32-34-29(36)23-14-19-6-4-5-7-20(19)15-25(23)37-2/h4-16H,3,17H2,1-2H3,(H,33,35)(H,34,36)/b32-16-. The zero-order valence-electron chi connectivity index (χ0n) is 21.2. The summed E-state index contributed by atoms with van der Waals surface area (Å²) in [4.78, 5) is 25.2. The van der Waals surface area contributed by atoms with Gasteiger partial charge < -0.3 is 19.5 Å². The van der Waals surface area contributed by atoms with Gasteiger partial charge in [0.25, 0.3) is 11.8 Å². The van der Waals surface area contributed by atoms with Crippen LogP contribution < -0.4 is 25.0 Å². The molecule has 2 amide bonds. The van der Waals surface area contributed by atoms with Gasteiger partial charge in [-0.3, -0.25) is 9.59 Å². The first-order valence-corrected chi connectivity index (χ1v) is 13.0. The van der Waals surface area contributed by atoms with Gasteiger partial charge >= 0.3 is 0 Å². The molecule has 4 aromatic rings. The fourth-order valence-corrected chi connectivity index (χ4v) is 4.51. The number of methoxy groups -OCH3 is 1. The van der Waals surface area contributed by atoms with Gasteiger partial charge in [0, 0.05) is 5.69 Å². The van der Waals surface area contributed by atoms with Crippen molar-refractivity contribution in [3.8, 4) is 17.2 Å². The molecule has 0 aromatic heterocycles. The minimum Gasteiger partial charge on any atom is -0.496 e. The molecule has 10 heteroatoms. The molecular formula is C29H25FIN3O5. The van der Waals surface area contributed by atoms with Crippen molar-refractivity contribution in [1.29, 1.82) is 0 Å². The number of anilines is 1. The van der Waals surface area contributed by atoms with Gasteiger partial charge in [-0.1, -0.05) is 24.3 Å². The Morgan fingerprint density at radius 3 is 2.38 bits per heavy atom. The first-order chi connectivity index (χ1) is 18.9. The third-order valence-corrected chi connectivity index (χ3v) is 6.30. The zero-order chi connectivity index (χ0) is 27.8. The van der Waals surface area contributed by atoms with Gasteiger partial charge in [0.15, 0.2) is 18.1 Å². The number of hydrogen-bond donors (Lipinski definition) is 2. The molecule has 0 aliphatic rings. The van der Waals surface area contributed by atoms with Gasteiger partial charge in [-0.25, -0.2) is 9.82 Å². The van der Waals surface area contributed by atoms with Gasteiger partial charge in [0.2, 0.25) is 0 Å². The summed E-state index contributed by atoms with van der Waals surface area (Å²) in [5.41, 5.74) is 4.01. The van der Waals surface area contributed by atoms with Crippen LogP contribution in [-0.4, -0.2) is 38.4 Å². The number of nitrogens with one attached hydrogen (secondary N) is 2. The summed E-state index contributed by atoms with van der Waals surface area (Å²) in [7, 11) is 1.51. The number of fused-ring (bicyclic) bond motifs is 1. The van der Waals surface area contributed by atoms with E-state index < -0.39 is 17.6 Å². The van der Waals surface area contributed by atoms with Crippen molar-refractivity contribution in [2.24, 2.45) is 5.10 Å². The topological polar surface area (TPSA) is 98.2 Å². The fraction of sp³-hybridized carbons (Fsp3) is 0.138. The highest BCUT2D eigenvalue weighted by atomic mass is 127. The SMILES string of the molecule is CCOc1cc(/C=N\NC(=O)c2cc3ccccc3cc2OC)cc(I)c1OCC(=O)Nc1ccc(F)cc1. The van der Waals surface area contributed by atoms with Crippen LogP contribution in [0.2, 0.25) is 0 Å². The van der Waals surface area contributed by atoms with E-state index in [1.807, 2.05) is 37.3 Å². The Labute approximate surface area is 238 Å². The van der Waals surface area contributed by atoms with Crippen LogP contribution in [0.25, 0.3) is 10.8 Å². The van der Waals surface area contributed by atoms with Crippen molar-refractivity contribution in [2.45, 2.75) is 6.92 Å². The maximum absolute atomic E-state index is 13.1. The third kappa shape index (κ3) is 7.23. The molecule has 0 saturated carbocycles. The van der Waals surface area contributed by atoms with Gasteiger partial charge in [0.1, 0.15) is 11.6 Å². The number of hydrazone groups is 1. The summed E-state index contributed by atoms with van der Waals surface area (Å²) in [6, 6.07) is 20.2. The van der Waals surface area contributed by atoms with E-state index in [9.17, 15) is 14.0 Å². The van der Waals surface area contributed by atoms with Crippen molar-refractivity contribution in [1.82, 2.24) is 5.43 Å². The number of benzene rings is 4. The average molecular weight is 641 g/mol. The molecule has 4 rings (SSSR count). The molecular weight excluding hydrogens is 616 g/mol. The van der Waals surface area contributed by atoms with E-state index >= 15 is 0 Å². The van der Waals surface area contributed by atoms with Crippen LogP contribution in [0.5, 0.6) is 17.2 Å². The van der Waals surface area contributed by atoms with E-state index in [2.05, 4.69) is 38.4 Å². The Balaban J connectivity index is 1.44. The first kappa shape index (κ1) is 27.8. The van der Waals surface area contributed by atoms with Crippen molar-refractivity contribution >= 4 is 57.1 Å². The molecule has 0 aliphatic heterocycles. The molecule has 0 bridgehead atoms. The van der Waals surface area contributed by atoms with Gasteiger partial charge in [-0.05, 0) is 94.4 Å². The summed E-state index contributed by atoms with van der Waals surface area (Å²) < 4.78 is 30.6. The fourth-order valence-electron chi connectivity index (χ4n) is 3.72. The molecule has 0 atom stereocenters. The van der Waals surface area contributed by atoms with Crippen LogP contribution >= 0.6 is 22.6 Å². The zero-order valence-corrected chi connectivity index (χ0v) is 23.3. The van der Waals surface area contributed by atoms with Crippen LogP contribution in [0.15, 0.2) is 77.9 Å². The maximum Gasteiger partial charge on any atom is 0.275 e. The minimum absolute atomic E-state index is 0.273. The number of halogens is 2. The number of carbonyl (C=O) groups excluding carboxylic acids is 2. The first-order valence-electron chi connectivity index (χ1n) is 11.9. The average Bonchev–Trinajstić information content (AvgIpc) is 2.93. The molecule has 39 heavy (non-hydrogen) atoms. The molecule has 0 heterocycles. The lowest BCUT2D eigenvalue weighted by molar-refractivity contribution is -0.118. The molecule has 200 valence electrons. The number of rotatable bonds is 10. The highest BCUT2D eigenvalue weighted by molar-refractivity contribution is 14.1. The van der Waals surface area contributed by atoms with Crippen LogP contribution in [0, 0.1) is 9.39 Å². The van der Waals surface area contributed by atoms with E-state index in [0.29, 0.717) is 44.2 Å². The second-order valence-corrected chi connectivity index (χ2v) is 9.37. The molecule has 0 aliphatic carbocycles.